The zero-order valence-electron chi connectivity index (χ0n) is 17.4. The quantitative estimate of drug-likeness (QED) is 0.396. The topological polar surface area (TPSA) is 83.1 Å². The van der Waals surface area contributed by atoms with Gasteiger partial charge in [-0.25, -0.2) is 14.4 Å². The van der Waals surface area contributed by atoms with Crippen LogP contribution >= 0.6 is 11.3 Å². The zero-order chi connectivity index (χ0) is 23.9. The summed E-state index contributed by atoms with van der Waals surface area (Å²) in [5.41, 5.74) is -0.121. The van der Waals surface area contributed by atoms with Gasteiger partial charge in [0.05, 0.1) is 29.9 Å². The summed E-state index contributed by atoms with van der Waals surface area (Å²) < 4.78 is 60.1. The van der Waals surface area contributed by atoms with E-state index in [4.69, 9.17) is 4.74 Å². The number of fused-ring (bicyclic) bond motifs is 1. The number of halogens is 4. The molecule has 1 fully saturated rings. The lowest BCUT2D eigenvalue weighted by molar-refractivity contribution is -0.137. The van der Waals surface area contributed by atoms with Gasteiger partial charge in [0.2, 0.25) is 0 Å². The molecule has 12 heteroatoms. The van der Waals surface area contributed by atoms with E-state index >= 15 is 0 Å². The minimum atomic E-state index is -4.72. The van der Waals surface area contributed by atoms with Gasteiger partial charge in [-0.3, -0.25) is 10.1 Å². The molecular formula is C22H17F4N5O2S. The molecule has 7 nitrogen and oxygen atoms in total. The van der Waals surface area contributed by atoms with Gasteiger partial charge >= 0.3 is 6.18 Å². The molecule has 0 spiro atoms. The van der Waals surface area contributed by atoms with Crippen LogP contribution in [0.15, 0.2) is 41.9 Å². The summed E-state index contributed by atoms with van der Waals surface area (Å²) in [5.74, 6) is -1.54. The number of morpholine rings is 1. The van der Waals surface area contributed by atoms with Crippen LogP contribution in [-0.4, -0.2) is 47.2 Å². The van der Waals surface area contributed by atoms with E-state index in [9.17, 15) is 22.4 Å². The molecule has 2 N–H and O–H groups in total. The average molecular weight is 491 g/mol. The Morgan fingerprint density at radius 3 is 2.68 bits per heavy atom. The Morgan fingerprint density at radius 1 is 1.18 bits per heavy atom. The summed E-state index contributed by atoms with van der Waals surface area (Å²) in [5, 5.41) is 4.76. The monoisotopic (exact) mass is 491 g/mol. The van der Waals surface area contributed by atoms with Gasteiger partial charge in [0, 0.05) is 35.9 Å². The second kappa shape index (κ2) is 8.69. The van der Waals surface area contributed by atoms with Crippen molar-refractivity contribution in [1.29, 1.82) is 0 Å². The smallest absolute Gasteiger partial charge is 0.378 e. The van der Waals surface area contributed by atoms with Crippen molar-refractivity contribution in [1.82, 2.24) is 15.0 Å². The summed E-state index contributed by atoms with van der Waals surface area (Å²) in [7, 11) is 0. The third kappa shape index (κ3) is 4.33. The maximum atomic E-state index is 13.9. The third-order valence-corrected chi connectivity index (χ3v) is 6.08. The summed E-state index contributed by atoms with van der Waals surface area (Å²) in [6, 6.07) is 5.55. The Kier molecular flexibility index (Phi) is 5.70. The Labute approximate surface area is 194 Å². The Balaban J connectivity index is 1.66. The first-order chi connectivity index (χ1) is 16.3. The number of carbonyl (C=O) groups is 1. The van der Waals surface area contributed by atoms with Gasteiger partial charge in [0.15, 0.2) is 5.13 Å². The van der Waals surface area contributed by atoms with Crippen LogP contribution in [-0.2, 0) is 10.9 Å². The second-order valence-electron chi connectivity index (χ2n) is 7.55. The number of alkyl halides is 3. The molecule has 5 rings (SSSR count). The first-order valence-corrected chi connectivity index (χ1v) is 11.1. The highest BCUT2D eigenvalue weighted by molar-refractivity contribution is 7.13. The van der Waals surface area contributed by atoms with E-state index < -0.39 is 29.0 Å². The average Bonchev–Trinajstić information content (AvgIpc) is 3.47. The Morgan fingerprint density at radius 2 is 1.97 bits per heavy atom. The van der Waals surface area contributed by atoms with Crippen molar-refractivity contribution in [3.8, 4) is 11.4 Å². The molecule has 1 aliphatic heterocycles. The van der Waals surface area contributed by atoms with Crippen LogP contribution in [0.3, 0.4) is 0 Å². The number of ether oxygens (including phenoxy) is 1. The molecule has 2 aromatic heterocycles. The number of H-pyrrole nitrogens is 1. The molecule has 1 amide bonds. The summed E-state index contributed by atoms with van der Waals surface area (Å²) in [6.45, 7) is 2.18. The number of hydrogen-bond acceptors (Lipinski definition) is 6. The number of hydrogen-bond donors (Lipinski definition) is 2. The van der Waals surface area contributed by atoms with Gasteiger partial charge in [0.25, 0.3) is 5.91 Å². The first kappa shape index (κ1) is 22.3. The third-order valence-electron chi connectivity index (χ3n) is 5.39. The van der Waals surface area contributed by atoms with Crippen molar-refractivity contribution in [3.63, 3.8) is 0 Å². The predicted molar refractivity (Wildman–Crippen MR) is 120 cm³/mol. The molecule has 0 atom stereocenters. The molecular weight excluding hydrogens is 474 g/mol. The van der Waals surface area contributed by atoms with E-state index in [1.54, 1.807) is 17.5 Å². The maximum absolute atomic E-state index is 13.9. The van der Waals surface area contributed by atoms with Crippen LogP contribution in [0.1, 0.15) is 15.9 Å². The fourth-order valence-corrected chi connectivity index (χ4v) is 4.34. The number of anilines is 2. The highest BCUT2D eigenvalue weighted by Crippen LogP contribution is 2.38. The van der Waals surface area contributed by atoms with Crippen LogP contribution in [0.4, 0.5) is 28.4 Å². The fourth-order valence-electron chi connectivity index (χ4n) is 3.82. The second-order valence-corrected chi connectivity index (χ2v) is 8.45. The molecule has 4 aromatic rings. The molecule has 0 unspecified atom stereocenters. The van der Waals surface area contributed by atoms with E-state index in [1.165, 1.54) is 17.5 Å². The number of imidazole rings is 1. The Hall–Kier alpha value is -3.51. The molecule has 1 saturated heterocycles. The van der Waals surface area contributed by atoms with Crippen LogP contribution in [0.5, 0.6) is 0 Å². The molecule has 0 aliphatic carbocycles. The minimum Gasteiger partial charge on any atom is -0.378 e. The van der Waals surface area contributed by atoms with E-state index in [-0.39, 0.29) is 16.9 Å². The number of nitrogens with zero attached hydrogens (tertiary/aromatic N) is 3. The zero-order valence-corrected chi connectivity index (χ0v) is 18.3. The fraction of sp³-hybridized carbons (Fsp3) is 0.227. The van der Waals surface area contributed by atoms with Crippen LogP contribution in [0, 0.1) is 5.82 Å². The van der Waals surface area contributed by atoms with E-state index in [0.717, 1.165) is 12.1 Å². The van der Waals surface area contributed by atoms with Crippen LogP contribution in [0.25, 0.3) is 22.4 Å². The number of amides is 1. The number of carbonyl (C=O) groups excluding carboxylic acids is 1. The highest BCUT2D eigenvalue weighted by Gasteiger charge is 2.35. The SMILES string of the molecule is O=C(Nc1nccs1)c1cc(N2CCOCC2)cc2[nH]c(-c3cc(F)ccc3C(F)(F)F)nc12. The minimum absolute atomic E-state index is 0.154. The van der Waals surface area contributed by atoms with Gasteiger partial charge < -0.3 is 14.6 Å². The number of thiazole rings is 1. The van der Waals surface area contributed by atoms with Crippen molar-refractivity contribution in [2.75, 3.05) is 36.5 Å². The van der Waals surface area contributed by atoms with Gasteiger partial charge in [-0.1, -0.05) is 0 Å². The van der Waals surface area contributed by atoms with Crippen LogP contribution < -0.4 is 10.2 Å². The maximum Gasteiger partial charge on any atom is 0.417 e. The summed E-state index contributed by atoms with van der Waals surface area (Å²) in [6.07, 6.45) is -3.18. The summed E-state index contributed by atoms with van der Waals surface area (Å²) >= 11 is 1.23. The normalized spacial score (nSPS) is 14.5. The molecule has 0 radical (unpaired) electrons. The highest BCUT2D eigenvalue weighted by atomic mass is 32.1. The lowest BCUT2D eigenvalue weighted by atomic mass is 10.1. The largest absolute Gasteiger partial charge is 0.417 e. The molecule has 1 aliphatic rings. The van der Waals surface area contributed by atoms with Crippen molar-refractivity contribution in [3.05, 3.63) is 58.9 Å². The van der Waals surface area contributed by atoms with Crippen molar-refractivity contribution < 1.29 is 27.1 Å². The van der Waals surface area contributed by atoms with Crippen molar-refractivity contribution >= 4 is 39.1 Å². The molecule has 34 heavy (non-hydrogen) atoms. The number of benzene rings is 2. The number of rotatable bonds is 4. The van der Waals surface area contributed by atoms with E-state index in [0.29, 0.717) is 48.7 Å². The van der Waals surface area contributed by atoms with Gasteiger partial charge in [0.1, 0.15) is 17.2 Å². The molecule has 3 heterocycles. The predicted octanol–water partition coefficient (Wildman–Crippen LogP) is 4.93. The first-order valence-electron chi connectivity index (χ1n) is 10.2. The lowest BCUT2D eigenvalue weighted by Gasteiger charge is -2.29. The van der Waals surface area contributed by atoms with E-state index in [1.807, 2.05) is 4.90 Å². The van der Waals surface area contributed by atoms with Crippen molar-refractivity contribution in [2.45, 2.75) is 6.18 Å². The number of aromatic amines is 1. The van der Waals surface area contributed by atoms with Gasteiger partial charge in [-0.15, -0.1) is 11.3 Å². The molecule has 0 bridgehead atoms. The molecule has 0 saturated carbocycles. The van der Waals surface area contributed by atoms with Gasteiger partial charge in [-0.05, 0) is 30.3 Å². The summed E-state index contributed by atoms with van der Waals surface area (Å²) in [4.78, 5) is 26.3. The van der Waals surface area contributed by atoms with Crippen LogP contribution in [0.2, 0.25) is 0 Å². The standard InChI is InChI=1S/C22H17F4N5O2S/c23-12-1-2-16(22(24,25)26)14(9-12)19-28-17-11-13(31-4-6-33-7-5-31)10-15(18(17)29-19)20(32)30-21-27-3-8-34-21/h1-3,8-11H,4-7H2,(H,28,29)(H,27,30,32). The van der Waals surface area contributed by atoms with Crippen molar-refractivity contribution in [2.24, 2.45) is 0 Å². The van der Waals surface area contributed by atoms with E-state index in [2.05, 4.69) is 20.3 Å². The number of aromatic nitrogens is 3. The Bertz CT molecular complexity index is 1350. The number of nitrogens with one attached hydrogen (secondary N) is 2. The molecule has 2 aromatic carbocycles. The molecule has 176 valence electrons. The van der Waals surface area contributed by atoms with Gasteiger partial charge in [-0.2, -0.15) is 13.2 Å². The lowest BCUT2D eigenvalue weighted by Crippen LogP contribution is -2.36.